The van der Waals surface area contributed by atoms with Crippen molar-refractivity contribution >= 4 is 11.6 Å². The fourth-order valence-electron chi connectivity index (χ4n) is 2.25. The second-order valence-electron chi connectivity index (χ2n) is 4.84. The summed E-state index contributed by atoms with van der Waals surface area (Å²) < 4.78 is 13.5. The smallest absolute Gasteiger partial charge is 0.225 e. The Morgan fingerprint density at radius 2 is 2.33 bits per heavy atom. The Bertz CT molecular complexity index is 538. The number of carbonyl (C=O) groups excluding carboxylic acids is 1. The zero-order chi connectivity index (χ0) is 13.3. The van der Waals surface area contributed by atoms with Crippen LogP contribution in [0.25, 0.3) is 0 Å². The third-order valence-electron chi connectivity index (χ3n) is 3.51. The van der Waals surface area contributed by atoms with E-state index >= 15 is 0 Å². The van der Waals surface area contributed by atoms with E-state index in [4.69, 9.17) is 11.0 Å². The number of nitrogens with zero attached hydrogens (tertiary/aromatic N) is 2. The van der Waals surface area contributed by atoms with Crippen LogP contribution in [-0.2, 0) is 4.79 Å². The standard InChI is InChI=1S/C13H14FN3O/c1-13(12(16)18)5-6-17(8-13)11-4-2-3-10(14)9(11)7-15/h2-4H,5-6,8H2,1H3,(H2,16,18). The maximum Gasteiger partial charge on any atom is 0.225 e. The van der Waals surface area contributed by atoms with Crippen molar-refractivity contribution in [3.63, 3.8) is 0 Å². The van der Waals surface area contributed by atoms with E-state index in [0.29, 0.717) is 25.2 Å². The molecule has 0 saturated carbocycles. The maximum atomic E-state index is 13.5. The molecule has 1 atom stereocenters. The predicted octanol–water partition coefficient (Wildman–Crippen LogP) is 1.40. The highest BCUT2D eigenvalue weighted by molar-refractivity contribution is 5.82. The number of anilines is 1. The lowest BCUT2D eigenvalue weighted by Gasteiger charge is -2.23. The lowest BCUT2D eigenvalue weighted by molar-refractivity contribution is -0.125. The van der Waals surface area contributed by atoms with E-state index in [-0.39, 0.29) is 11.5 Å². The van der Waals surface area contributed by atoms with Gasteiger partial charge in [0.25, 0.3) is 0 Å². The highest BCUT2D eigenvalue weighted by Gasteiger charge is 2.39. The molecular formula is C13H14FN3O. The normalized spacial score (nSPS) is 22.8. The summed E-state index contributed by atoms with van der Waals surface area (Å²) in [7, 11) is 0. The Labute approximate surface area is 105 Å². The molecule has 0 spiro atoms. The Kier molecular flexibility index (Phi) is 2.95. The topological polar surface area (TPSA) is 70.1 Å². The molecule has 0 radical (unpaired) electrons. The Morgan fingerprint density at radius 3 is 2.89 bits per heavy atom. The number of halogens is 1. The Balaban J connectivity index is 2.34. The summed E-state index contributed by atoms with van der Waals surface area (Å²) in [5, 5.41) is 8.99. The first-order valence-electron chi connectivity index (χ1n) is 5.71. The average molecular weight is 247 g/mol. The number of nitriles is 1. The zero-order valence-electron chi connectivity index (χ0n) is 10.1. The van der Waals surface area contributed by atoms with Crippen LogP contribution in [0.3, 0.4) is 0 Å². The number of hydrogen-bond acceptors (Lipinski definition) is 3. The van der Waals surface area contributed by atoms with Crippen LogP contribution >= 0.6 is 0 Å². The van der Waals surface area contributed by atoms with Crippen molar-refractivity contribution in [1.82, 2.24) is 0 Å². The minimum atomic E-state index is -0.612. The van der Waals surface area contributed by atoms with Crippen LogP contribution in [0, 0.1) is 22.6 Å². The van der Waals surface area contributed by atoms with Gasteiger partial charge in [-0.1, -0.05) is 6.07 Å². The van der Waals surface area contributed by atoms with Gasteiger partial charge >= 0.3 is 0 Å². The Morgan fingerprint density at radius 1 is 1.61 bits per heavy atom. The monoisotopic (exact) mass is 247 g/mol. The largest absolute Gasteiger partial charge is 0.369 e. The number of hydrogen-bond donors (Lipinski definition) is 1. The zero-order valence-corrected chi connectivity index (χ0v) is 10.1. The van der Waals surface area contributed by atoms with Crippen LogP contribution in [0.2, 0.25) is 0 Å². The van der Waals surface area contributed by atoms with E-state index < -0.39 is 11.2 Å². The number of benzene rings is 1. The van der Waals surface area contributed by atoms with Crippen LogP contribution in [0.15, 0.2) is 18.2 Å². The molecule has 0 aliphatic carbocycles. The maximum absolute atomic E-state index is 13.5. The van der Waals surface area contributed by atoms with Gasteiger partial charge in [0.1, 0.15) is 17.4 Å². The summed E-state index contributed by atoms with van der Waals surface area (Å²) in [6.45, 7) is 2.80. The fraction of sp³-hybridized carbons (Fsp3) is 0.385. The van der Waals surface area contributed by atoms with Gasteiger partial charge in [-0.2, -0.15) is 5.26 Å². The van der Waals surface area contributed by atoms with Crippen LogP contribution in [0.1, 0.15) is 18.9 Å². The number of carbonyl (C=O) groups is 1. The minimum absolute atomic E-state index is 0.0196. The summed E-state index contributed by atoms with van der Waals surface area (Å²) in [4.78, 5) is 13.2. The van der Waals surface area contributed by atoms with Gasteiger partial charge in [0.2, 0.25) is 5.91 Å². The van der Waals surface area contributed by atoms with Gasteiger partial charge in [0.05, 0.1) is 11.1 Å². The molecule has 18 heavy (non-hydrogen) atoms. The second kappa shape index (κ2) is 4.30. The van der Waals surface area contributed by atoms with Gasteiger partial charge in [-0.3, -0.25) is 4.79 Å². The summed E-state index contributed by atoms with van der Waals surface area (Å²) in [5.74, 6) is -0.900. The first-order chi connectivity index (χ1) is 8.48. The average Bonchev–Trinajstić information content (AvgIpc) is 2.73. The molecule has 1 aliphatic rings. The van der Waals surface area contributed by atoms with Crippen molar-refractivity contribution in [3.8, 4) is 6.07 Å². The Hall–Kier alpha value is -2.09. The van der Waals surface area contributed by atoms with Gasteiger partial charge in [-0.15, -0.1) is 0 Å². The van der Waals surface area contributed by atoms with E-state index in [9.17, 15) is 9.18 Å². The lowest BCUT2D eigenvalue weighted by Crippen LogP contribution is -2.37. The summed E-state index contributed by atoms with van der Waals surface area (Å²) in [6.07, 6.45) is 0.615. The quantitative estimate of drug-likeness (QED) is 0.858. The third-order valence-corrected chi connectivity index (χ3v) is 3.51. The third kappa shape index (κ3) is 1.90. The molecule has 1 aliphatic heterocycles. The van der Waals surface area contributed by atoms with Crippen molar-refractivity contribution < 1.29 is 9.18 Å². The van der Waals surface area contributed by atoms with Crippen LogP contribution in [-0.4, -0.2) is 19.0 Å². The molecule has 0 bridgehead atoms. The molecule has 5 heteroatoms. The highest BCUT2D eigenvalue weighted by atomic mass is 19.1. The number of primary amides is 1. The van der Waals surface area contributed by atoms with E-state index in [1.165, 1.54) is 6.07 Å². The van der Waals surface area contributed by atoms with E-state index in [2.05, 4.69) is 0 Å². The highest BCUT2D eigenvalue weighted by Crippen LogP contribution is 2.34. The van der Waals surface area contributed by atoms with Crippen molar-refractivity contribution in [2.24, 2.45) is 11.1 Å². The summed E-state index contributed by atoms with van der Waals surface area (Å²) in [5.41, 5.74) is 5.31. The molecule has 1 unspecified atom stereocenters. The van der Waals surface area contributed by atoms with Crippen LogP contribution in [0.4, 0.5) is 10.1 Å². The van der Waals surface area contributed by atoms with Gasteiger partial charge in [0.15, 0.2) is 0 Å². The molecule has 1 aromatic carbocycles. The minimum Gasteiger partial charge on any atom is -0.369 e. The number of amides is 1. The van der Waals surface area contributed by atoms with Crippen LogP contribution in [0.5, 0.6) is 0 Å². The molecular weight excluding hydrogens is 233 g/mol. The van der Waals surface area contributed by atoms with Crippen molar-refractivity contribution in [2.45, 2.75) is 13.3 Å². The fourth-order valence-corrected chi connectivity index (χ4v) is 2.25. The predicted molar refractivity (Wildman–Crippen MR) is 65.2 cm³/mol. The number of rotatable bonds is 2. The van der Waals surface area contributed by atoms with E-state index in [1.807, 2.05) is 11.0 Å². The molecule has 1 saturated heterocycles. The van der Waals surface area contributed by atoms with Gasteiger partial charge < -0.3 is 10.6 Å². The molecule has 1 fully saturated rings. The molecule has 1 heterocycles. The van der Waals surface area contributed by atoms with Gasteiger partial charge in [0, 0.05) is 13.1 Å². The molecule has 4 nitrogen and oxygen atoms in total. The molecule has 1 amide bonds. The second-order valence-corrected chi connectivity index (χ2v) is 4.84. The van der Waals surface area contributed by atoms with Crippen molar-refractivity contribution in [1.29, 1.82) is 5.26 Å². The van der Waals surface area contributed by atoms with Gasteiger partial charge in [-0.05, 0) is 25.5 Å². The van der Waals surface area contributed by atoms with Crippen LogP contribution < -0.4 is 10.6 Å². The summed E-state index contributed by atoms with van der Waals surface area (Å²) >= 11 is 0. The lowest BCUT2D eigenvalue weighted by atomic mass is 9.89. The van der Waals surface area contributed by atoms with E-state index in [0.717, 1.165) is 0 Å². The van der Waals surface area contributed by atoms with Crippen molar-refractivity contribution in [2.75, 3.05) is 18.0 Å². The molecule has 0 aromatic heterocycles. The first kappa shape index (κ1) is 12.4. The first-order valence-corrected chi connectivity index (χ1v) is 5.71. The number of nitrogens with two attached hydrogens (primary N) is 1. The molecule has 2 rings (SSSR count). The summed E-state index contributed by atoms with van der Waals surface area (Å²) in [6, 6.07) is 6.37. The SMILES string of the molecule is CC1(C(N)=O)CCN(c2cccc(F)c2C#N)C1. The molecule has 94 valence electrons. The molecule has 1 aromatic rings. The molecule has 2 N–H and O–H groups in total. The van der Waals surface area contributed by atoms with E-state index in [1.54, 1.807) is 19.1 Å². The van der Waals surface area contributed by atoms with Gasteiger partial charge in [-0.25, -0.2) is 4.39 Å². The van der Waals surface area contributed by atoms with Crippen molar-refractivity contribution in [3.05, 3.63) is 29.6 Å².